The predicted molar refractivity (Wildman–Crippen MR) is 128 cm³/mol. The van der Waals surface area contributed by atoms with Crippen molar-refractivity contribution in [2.75, 3.05) is 13.1 Å². The van der Waals surface area contributed by atoms with Gasteiger partial charge < -0.3 is 5.73 Å². The van der Waals surface area contributed by atoms with Crippen LogP contribution in [0.1, 0.15) is 15.9 Å². The molecule has 0 unspecified atom stereocenters. The molecule has 32 heavy (non-hydrogen) atoms. The Balaban J connectivity index is 1.76. The molecule has 3 aromatic carbocycles. The molecular formula is C25H18ClN5O. The van der Waals surface area contributed by atoms with Crippen molar-refractivity contribution in [3.63, 3.8) is 0 Å². The van der Waals surface area contributed by atoms with Crippen LogP contribution >= 0.6 is 11.6 Å². The zero-order valence-corrected chi connectivity index (χ0v) is 18.0. The van der Waals surface area contributed by atoms with E-state index in [2.05, 4.69) is 14.9 Å². The van der Waals surface area contributed by atoms with Gasteiger partial charge in [-0.05, 0) is 22.4 Å². The van der Waals surface area contributed by atoms with Crippen LogP contribution in [-0.2, 0) is 7.05 Å². The van der Waals surface area contributed by atoms with E-state index in [1.807, 2.05) is 55.6 Å². The minimum absolute atomic E-state index is 0.0215. The topological polar surface area (TPSA) is 77.6 Å². The van der Waals surface area contributed by atoms with Gasteiger partial charge in [0.1, 0.15) is 6.54 Å². The van der Waals surface area contributed by atoms with E-state index >= 15 is 0 Å². The highest BCUT2D eigenvalue weighted by Gasteiger charge is 2.23. The van der Waals surface area contributed by atoms with Crippen LogP contribution in [-0.4, -0.2) is 34.4 Å². The van der Waals surface area contributed by atoms with Gasteiger partial charge in [-0.3, -0.25) is 14.5 Å². The Morgan fingerprint density at radius 1 is 1.12 bits per heavy atom. The molecule has 5 rings (SSSR count). The maximum atomic E-state index is 12.3. The van der Waals surface area contributed by atoms with Gasteiger partial charge in [-0.25, -0.2) is 4.85 Å². The quantitative estimate of drug-likeness (QED) is 0.453. The Morgan fingerprint density at radius 3 is 2.72 bits per heavy atom. The molecule has 0 atom stereocenters. The van der Waals surface area contributed by atoms with Gasteiger partial charge in [0.15, 0.2) is 5.78 Å². The number of halogens is 1. The summed E-state index contributed by atoms with van der Waals surface area (Å²) < 4.78 is 1.74. The number of Topliss-reactive ketones (excluding diaryl/α,β-unsaturated/α-hetero) is 1. The second-order valence-electron chi connectivity index (χ2n) is 7.60. The van der Waals surface area contributed by atoms with Gasteiger partial charge in [-0.15, -0.1) is 0 Å². The predicted octanol–water partition coefficient (Wildman–Crippen LogP) is 5.06. The van der Waals surface area contributed by atoms with E-state index in [1.165, 1.54) is 0 Å². The number of hydrogen-bond donors (Lipinski definition) is 1. The van der Waals surface area contributed by atoms with E-state index in [9.17, 15) is 4.79 Å². The summed E-state index contributed by atoms with van der Waals surface area (Å²) in [4.78, 5) is 20.4. The number of benzene rings is 3. The number of aliphatic imine (C=N–C) groups is 1. The maximum absolute atomic E-state index is 12.3. The van der Waals surface area contributed by atoms with Gasteiger partial charge in [0, 0.05) is 35.8 Å². The number of nitrogens with two attached hydrogens (primary N) is 1. The van der Waals surface area contributed by atoms with Gasteiger partial charge in [0.05, 0.1) is 29.2 Å². The number of aromatic nitrogens is 2. The second kappa shape index (κ2) is 7.72. The number of fused-ring (bicyclic) bond motifs is 2. The zero-order chi connectivity index (χ0) is 22.4. The third kappa shape index (κ3) is 3.02. The lowest BCUT2D eigenvalue weighted by molar-refractivity contribution is 0.1000. The fraction of sp³-hybridized carbons (Fsp3) is 0.120. The molecule has 1 aliphatic rings. The first-order valence-corrected chi connectivity index (χ1v) is 10.4. The first kappa shape index (κ1) is 20.1. The molecule has 0 aliphatic carbocycles. The van der Waals surface area contributed by atoms with Crippen molar-refractivity contribution >= 4 is 39.6 Å². The van der Waals surface area contributed by atoms with Gasteiger partial charge in [-0.2, -0.15) is 5.10 Å². The van der Waals surface area contributed by atoms with Crippen molar-refractivity contribution in [2.24, 2.45) is 17.8 Å². The number of carbonyl (C=O) groups excluding carboxylic acids is 1. The molecule has 0 fully saturated rings. The SMILES string of the molecule is [C-]#[N+]c1c(-c2c(-c3ccc4c(c3)C(CN)=NCC4=O)cnn2C)cc2ccccc2c1Cl. The molecule has 1 aromatic heterocycles. The van der Waals surface area contributed by atoms with E-state index in [0.29, 0.717) is 27.5 Å². The lowest BCUT2D eigenvalue weighted by Gasteiger charge is -2.17. The number of ketones is 1. The molecule has 0 radical (unpaired) electrons. The average Bonchev–Trinajstić information content (AvgIpc) is 3.20. The minimum Gasteiger partial charge on any atom is -0.325 e. The molecular weight excluding hydrogens is 422 g/mol. The van der Waals surface area contributed by atoms with Crippen LogP contribution in [0, 0.1) is 6.57 Å². The second-order valence-corrected chi connectivity index (χ2v) is 7.98. The van der Waals surface area contributed by atoms with Gasteiger partial charge in [-0.1, -0.05) is 54.1 Å². The smallest absolute Gasteiger partial charge is 0.215 e. The summed E-state index contributed by atoms with van der Waals surface area (Å²) in [6.45, 7) is 8.17. The highest BCUT2D eigenvalue weighted by Crippen LogP contribution is 2.44. The van der Waals surface area contributed by atoms with Crippen LogP contribution in [0.5, 0.6) is 0 Å². The summed E-state index contributed by atoms with van der Waals surface area (Å²) in [6.07, 6.45) is 1.76. The van der Waals surface area contributed by atoms with E-state index in [1.54, 1.807) is 10.9 Å². The van der Waals surface area contributed by atoms with Crippen LogP contribution in [0.3, 0.4) is 0 Å². The number of rotatable bonds is 3. The van der Waals surface area contributed by atoms with E-state index < -0.39 is 0 Å². The number of nitrogens with zero attached hydrogens (tertiary/aromatic N) is 4. The zero-order valence-electron chi connectivity index (χ0n) is 17.3. The third-order valence-electron chi connectivity index (χ3n) is 5.81. The molecule has 0 spiro atoms. The molecule has 4 aromatic rings. The maximum Gasteiger partial charge on any atom is 0.215 e. The molecule has 1 aliphatic heterocycles. The minimum atomic E-state index is -0.0215. The van der Waals surface area contributed by atoms with Crippen LogP contribution in [0.25, 0.3) is 38.0 Å². The normalized spacial score (nSPS) is 13.1. The van der Waals surface area contributed by atoms with E-state index in [4.69, 9.17) is 23.9 Å². The summed E-state index contributed by atoms with van der Waals surface area (Å²) in [6, 6.07) is 15.4. The number of hydrogen-bond acceptors (Lipinski definition) is 4. The molecule has 156 valence electrons. The molecule has 0 bridgehead atoms. The molecule has 0 saturated heterocycles. The molecule has 2 N–H and O–H groups in total. The van der Waals surface area contributed by atoms with Crippen molar-refractivity contribution < 1.29 is 4.79 Å². The van der Waals surface area contributed by atoms with Crippen LogP contribution in [0.4, 0.5) is 5.69 Å². The van der Waals surface area contributed by atoms with Crippen LogP contribution in [0.2, 0.25) is 5.02 Å². The number of carbonyl (C=O) groups is 1. The molecule has 7 heteroatoms. The van der Waals surface area contributed by atoms with E-state index in [0.717, 1.165) is 33.2 Å². The summed E-state index contributed by atoms with van der Waals surface area (Å²) in [5, 5.41) is 6.68. The van der Waals surface area contributed by atoms with Crippen LogP contribution < -0.4 is 5.73 Å². The van der Waals surface area contributed by atoms with Gasteiger partial charge >= 0.3 is 0 Å². The summed E-state index contributed by atoms with van der Waals surface area (Å²) in [5.41, 5.74) is 11.5. The van der Waals surface area contributed by atoms with E-state index in [-0.39, 0.29) is 18.9 Å². The first-order chi connectivity index (χ1) is 15.5. The molecule has 0 amide bonds. The Bertz CT molecular complexity index is 1490. The fourth-order valence-electron chi connectivity index (χ4n) is 4.26. The van der Waals surface area contributed by atoms with Gasteiger partial charge in [0.25, 0.3) is 0 Å². The Hall–Kier alpha value is -3.79. The van der Waals surface area contributed by atoms with Crippen molar-refractivity contribution in [1.82, 2.24) is 9.78 Å². The van der Waals surface area contributed by atoms with Crippen molar-refractivity contribution in [3.05, 3.63) is 82.3 Å². The largest absolute Gasteiger partial charge is 0.325 e. The molecule has 6 nitrogen and oxygen atoms in total. The van der Waals surface area contributed by atoms with Crippen molar-refractivity contribution in [3.8, 4) is 22.4 Å². The standard InChI is InChI=1S/C25H18ClN5O/c1-28-24-19(10-14-5-3-4-6-16(14)23(24)26)25-20(12-30-31(25)2)15-7-8-17-18(9-15)21(11-27)29-13-22(17)32/h3-10,12H,11,13,27H2,2H3. The average molecular weight is 440 g/mol. The molecule has 2 heterocycles. The summed E-state index contributed by atoms with van der Waals surface area (Å²) in [7, 11) is 1.84. The van der Waals surface area contributed by atoms with Gasteiger partial charge in [0.2, 0.25) is 5.69 Å². The van der Waals surface area contributed by atoms with Crippen molar-refractivity contribution in [1.29, 1.82) is 0 Å². The lowest BCUT2D eigenvalue weighted by Crippen LogP contribution is -2.24. The highest BCUT2D eigenvalue weighted by molar-refractivity contribution is 6.39. The number of aryl methyl sites for hydroxylation is 1. The van der Waals surface area contributed by atoms with Crippen LogP contribution in [0.15, 0.2) is 59.7 Å². The molecule has 0 saturated carbocycles. The lowest BCUT2D eigenvalue weighted by atomic mass is 9.91. The Morgan fingerprint density at radius 2 is 1.94 bits per heavy atom. The summed E-state index contributed by atoms with van der Waals surface area (Å²) in [5.74, 6) is -0.0215. The summed E-state index contributed by atoms with van der Waals surface area (Å²) >= 11 is 6.65. The third-order valence-corrected chi connectivity index (χ3v) is 6.20. The Kier molecular flexibility index (Phi) is 4.86. The first-order valence-electron chi connectivity index (χ1n) is 10.1. The highest BCUT2D eigenvalue weighted by atomic mass is 35.5. The van der Waals surface area contributed by atoms with Crippen molar-refractivity contribution in [2.45, 2.75) is 0 Å². The fourth-order valence-corrected chi connectivity index (χ4v) is 4.57. The monoisotopic (exact) mass is 439 g/mol. The Labute approximate surface area is 189 Å².